The molecular weight excluding hydrogens is 168 g/mol. The zero-order valence-electron chi connectivity index (χ0n) is 7.44. The molecule has 0 atom stereocenters. The number of hydrogen-bond acceptors (Lipinski definition) is 4. The van der Waals surface area contributed by atoms with Crippen LogP contribution in [0.1, 0.15) is 24.5 Å². The third kappa shape index (κ3) is 1.47. The van der Waals surface area contributed by atoms with E-state index in [0.29, 0.717) is 11.7 Å². The van der Waals surface area contributed by atoms with Gasteiger partial charge in [0.1, 0.15) is 12.1 Å². The Labute approximate surface area is 76.7 Å². The molecule has 0 spiro atoms. The standard InChI is InChI=1S/C8H14N4O/c9-8-7(11-5-12(8)10)6-1-3-13-4-2-6/h5-6H,1-4,9-10H2. The Kier molecular flexibility index (Phi) is 2.10. The number of anilines is 1. The minimum atomic E-state index is 0.415. The highest BCUT2D eigenvalue weighted by molar-refractivity contribution is 5.38. The highest BCUT2D eigenvalue weighted by Gasteiger charge is 2.21. The lowest BCUT2D eigenvalue weighted by molar-refractivity contribution is 0.0847. The number of nitrogen functional groups attached to an aromatic ring is 2. The van der Waals surface area contributed by atoms with Gasteiger partial charge in [0.05, 0.1) is 5.69 Å². The van der Waals surface area contributed by atoms with Crippen molar-refractivity contribution < 1.29 is 4.74 Å². The molecule has 0 saturated carbocycles. The maximum atomic E-state index is 5.77. The van der Waals surface area contributed by atoms with Crippen LogP contribution in [-0.4, -0.2) is 22.9 Å². The zero-order valence-corrected chi connectivity index (χ0v) is 7.44. The van der Waals surface area contributed by atoms with Gasteiger partial charge in [-0.25, -0.2) is 9.66 Å². The van der Waals surface area contributed by atoms with E-state index in [1.54, 1.807) is 6.33 Å². The lowest BCUT2D eigenvalue weighted by atomic mass is 9.97. The molecule has 0 unspecified atom stereocenters. The molecule has 5 heteroatoms. The van der Waals surface area contributed by atoms with E-state index in [1.807, 2.05) is 0 Å². The van der Waals surface area contributed by atoms with Crippen LogP contribution in [0.25, 0.3) is 0 Å². The monoisotopic (exact) mass is 182 g/mol. The van der Waals surface area contributed by atoms with Gasteiger partial charge in [-0.05, 0) is 12.8 Å². The highest BCUT2D eigenvalue weighted by atomic mass is 16.5. The summed E-state index contributed by atoms with van der Waals surface area (Å²) in [4.78, 5) is 4.20. The number of aromatic nitrogens is 2. The molecule has 1 aliphatic rings. The van der Waals surface area contributed by atoms with E-state index < -0.39 is 0 Å². The number of hydrogen-bond donors (Lipinski definition) is 2. The molecule has 1 aromatic rings. The van der Waals surface area contributed by atoms with E-state index in [0.717, 1.165) is 31.7 Å². The second-order valence-electron chi connectivity index (χ2n) is 3.31. The predicted molar refractivity (Wildman–Crippen MR) is 49.6 cm³/mol. The fraction of sp³-hybridized carbons (Fsp3) is 0.625. The first-order chi connectivity index (χ1) is 6.29. The molecule has 2 heterocycles. The molecule has 1 fully saturated rings. The van der Waals surface area contributed by atoms with Crippen molar-refractivity contribution in [1.29, 1.82) is 0 Å². The third-order valence-corrected chi connectivity index (χ3v) is 2.47. The minimum Gasteiger partial charge on any atom is -0.382 e. The molecule has 4 N–H and O–H groups in total. The van der Waals surface area contributed by atoms with E-state index in [-0.39, 0.29) is 0 Å². The average Bonchev–Trinajstić information content (AvgIpc) is 2.49. The molecule has 0 bridgehead atoms. The zero-order chi connectivity index (χ0) is 9.26. The van der Waals surface area contributed by atoms with Gasteiger partial charge in [-0.3, -0.25) is 0 Å². The van der Waals surface area contributed by atoms with Crippen LogP contribution >= 0.6 is 0 Å². The highest BCUT2D eigenvalue weighted by Crippen LogP contribution is 2.28. The second kappa shape index (κ2) is 3.26. The SMILES string of the molecule is Nc1c(C2CCOCC2)ncn1N. The Balaban J connectivity index is 2.18. The summed E-state index contributed by atoms with van der Waals surface area (Å²) in [5, 5.41) is 0. The maximum Gasteiger partial charge on any atom is 0.145 e. The van der Waals surface area contributed by atoms with Gasteiger partial charge in [0, 0.05) is 19.1 Å². The third-order valence-electron chi connectivity index (χ3n) is 2.47. The minimum absolute atomic E-state index is 0.415. The average molecular weight is 182 g/mol. The Morgan fingerprint density at radius 2 is 2.15 bits per heavy atom. The Morgan fingerprint density at radius 3 is 2.69 bits per heavy atom. The van der Waals surface area contributed by atoms with Crippen LogP contribution in [0.2, 0.25) is 0 Å². The Hall–Kier alpha value is -1.23. The van der Waals surface area contributed by atoms with Gasteiger partial charge in [-0.1, -0.05) is 0 Å². The quantitative estimate of drug-likeness (QED) is 0.602. The molecule has 0 aliphatic carbocycles. The van der Waals surface area contributed by atoms with Crippen molar-refractivity contribution >= 4 is 5.82 Å². The Morgan fingerprint density at radius 1 is 1.46 bits per heavy atom. The van der Waals surface area contributed by atoms with Crippen LogP contribution in [0.4, 0.5) is 5.82 Å². The lowest BCUT2D eigenvalue weighted by Crippen LogP contribution is -2.17. The lowest BCUT2D eigenvalue weighted by Gasteiger charge is -2.20. The maximum absolute atomic E-state index is 5.77. The fourth-order valence-corrected chi connectivity index (χ4v) is 1.67. The van der Waals surface area contributed by atoms with Crippen molar-refractivity contribution in [3.8, 4) is 0 Å². The number of ether oxygens (including phenoxy) is 1. The van der Waals surface area contributed by atoms with Gasteiger partial charge in [0.15, 0.2) is 0 Å². The molecule has 1 aliphatic heterocycles. The molecule has 1 saturated heterocycles. The first-order valence-electron chi connectivity index (χ1n) is 4.44. The molecule has 0 radical (unpaired) electrons. The van der Waals surface area contributed by atoms with Gasteiger partial charge < -0.3 is 16.3 Å². The van der Waals surface area contributed by atoms with Crippen molar-refractivity contribution in [2.75, 3.05) is 24.8 Å². The van der Waals surface area contributed by atoms with E-state index >= 15 is 0 Å². The number of rotatable bonds is 1. The van der Waals surface area contributed by atoms with Crippen LogP contribution in [-0.2, 0) is 4.74 Å². The van der Waals surface area contributed by atoms with Gasteiger partial charge in [-0.15, -0.1) is 0 Å². The summed E-state index contributed by atoms with van der Waals surface area (Å²) in [5.74, 6) is 6.54. The first-order valence-corrected chi connectivity index (χ1v) is 4.44. The largest absolute Gasteiger partial charge is 0.382 e. The Bertz CT molecular complexity index is 290. The topological polar surface area (TPSA) is 79.1 Å². The summed E-state index contributed by atoms with van der Waals surface area (Å²) in [6, 6.07) is 0. The predicted octanol–water partition coefficient (Wildman–Crippen LogP) is 0.0731. The summed E-state index contributed by atoms with van der Waals surface area (Å²) < 4.78 is 6.63. The van der Waals surface area contributed by atoms with Crippen molar-refractivity contribution in [2.45, 2.75) is 18.8 Å². The van der Waals surface area contributed by atoms with Crippen molar-refractivity contribution in [2.24, 2.45) is 0 Å². The molecule has 5 nitrogen and oxygen atoms in total. The van der Waals surface area contributed by atoms with E-state index in [4.69, 9.17) is 16.3 Å². The molecule has 0 amide bonds. The van der Waals surface area contributed by atoms with Crippen LogP contribution in [0.5, 0.6) is 0 Å². The molecule has 1 aromatic heterocycles. The van der Waals surface area contributed by atoms with Gasteiger partial charge in [0.25, 0.3) is 0 Å². The van der Waals surface area contributed by atoms with E-state index in [1.165, 1.54) is 4.68 Å². The molecule has 72 valence electrons. The van der Waals surface area contributed by atoms with Crippen LogP contribution in [0.3, 0.4) is 0 Å². The van der Waals surface area contributed by atoms with E-state index in [2.05, 4.69) is 4.98 Å². The normalized spacial score (nSPS) is 19.1. The summed E-state index contributed by atoms with van der Waals surface area (Å²) in [5.41, 5.74) is 6.69. The van der Waals surface area contributed by atoms with Crippen LogP contribution in [0.15, 0.2) is 6.33 Å². The number of nitrogens with two attached hydrogens (primary N) is 2. The number of imidazole rings is 1. The molecule has 13 heavy (non-hydrogen) atoms. The van der Waals surface area contributed by atoms with Gasteiger partial charge in [-0.2, -0.15) is 0 Å². The smallest absolute Gasteiger partial charge is 0.145 e. The van der Waals surface area contributed by atoms with Gasteiger partial charge >= 0.3 is 0 Å². The van der Waals surface area contributed by atoms with Crippen molar-refractivity contribution in [3.05, 3.63) is 12.0 Å². The van der Waals surface area contributed by atoms with Crippen molar-refractivity contribution in [1.82, 2.24) is 9.66 Å². The molecular formula is C8H14N4O. The summed E-state index contributed by atoms with van der Waals surface area (Å²) in [7, 11) is 0. The first kappa shape index (κ1) is 8.37. The fourth-order valence-electron chi connectivity index (χ4n) is 1.67. The summed E-state index contributed by atoms with van der Waals surface area (Å²) in [6.45, 7) is 1.59. The second-order valence-corrected chi connectivity index (χ2v) is 3.31. The molecule has 0 aromatic carbocycles. The summed E-state index contributed by atoms with van der Waals surface area (Å²) >= 11 is 0. The van der Waals surface area contributed by atoms with Crippen LogP contribution < -0.4 is 11.6 Å². The van der Waals surface area contributed by atoms with Crippen LogP contribution in [0, 0.1) is 0 Å². The molecule has 2 rings (SSSR count). The van der Waals surface area contributed by atoms with Gasteiger partial charge in [0.2, 0.25) is 0 Å². The van der Waals surface area contributed by atoms with Crippen molar-refractivity contribution in [3.63, 3.8) is 0 Å². The summed E-state index contributed by atoms with van der Waals surface area (Å²) in [6.07, 6.45) is 3.53. The van der Waals surface area contributed by atoms with E-state index in [9.17, 15) is 0 Å². The number of nitrogens with zero attached hydrogens (tertiary/aromatic N) is 2.